The van der Waals surface area contributed by atoms with Crippen LogP contribution in [0.2, 0.25) is 5.02 Å². The van der Waals surface area contributed by atoms with Crippen LogP contribution in [-0.4, -0.2) is 57.2 Å². The van der Waals surface area contributed by atoms with Crippen LogP contribution in [0.4, 0.5) is 4.79 Å². The Bertz CT molecular complexity index is 1450. The molecule has 1 heterocycles. The number of aromatic nitrogens is 2. The van der Waals surface area contributed by atoms with E-state index in [1.807, 2.05) is 0 Å². The van der Waals surface area contributed by atoms with Gasteiger partial charge in [-0.1, -0.05) is 29.8 Å². The van der Waals surface area contributed by atoms with Gasteiger partial charge in [0.25, 0.3) is 5.56 Å². The normalized spacial score (nSPS) is 13.3. The SMILES string of the molecule is C[C@@H](c1nc2cccc(Cl)c2c(=O)n1-c1cccc(CN(C)S(C)(=O)=O)c1)N(C(=O)O)C(C)(C)C. The number of benzene rings is 2. The Morgan fingerprint density at radius 3 is 2.40 bits per heavy atom. The fraction of sp³-hybridized carbons (Fsp3) is 0.375. The van der Waals surface area contributed by atoms with Crippen LogP contribution in [0.3, 0.4) is 0 Å². The minimum atomic E-state index is -3.42. The fourth-order valence-corrected chi connectivity index (χ4v) is 4.69. The zero-order valence-corrected chi connectivity index (χ0v) is 22.1. The van der Waals surface area contributed by atoms with Crippen LogP contribution in [0.1, 0.15) is 45.1 Å². The molecule has 0 bridgehead atoms. The smallest absolute Gasteiger partial charge is 0.408 e. The van der Waals surface area contributed by atoms with Gasteiger partial charge in [0.15, 0.2) is 0 Å². The van der Waals surface area contributed by atoms with Gasteiger partial charge >= 0.3 is 6.09 Å². The summed E-state index contributed by atoms with van der Waals surface area (Å²) in [4.78, 5) is 31.9. The number of halogens is 1. The maximum Gasteiger partial charge on any atom is 0.408 e. The third kappa shape index (κ3) is 5.50. The average Bonchev–Trinajstić information content (AvgIpc) is 2.71. The Morgan fingerprint density at radius 1 is 1.20 bits per heavy atom. The minimum absolute atomic E-state index is 0.0946. The molecule has 2 aromatic carbocycles. The van der Waals surface area contributed by atoms with Gasteiger partial charge in [-0.2, -0.15) is 0 Å². The molecular formula is C24H29ClN4O5S. The van der Waals surface area contributed by atoms with E-state index in [2.05, 4.69) is 4.98 Å². The van der Waals surface area contributed by atoms with Crippen molar-refractivity contribution >= 4 is 38.6 Å². The Balaban J connectivity index is 2.32. The fourth-order valence-electron chi connectivity index (χ4n) is 4.05. The van der Waals surface area contributed by atoms with Gasteiger partial charge < -0.3 is 5.11 Å². The Labute approximate surface area is 209 Å². The monoisotopic (exact) mass is 520 g/mol. The lowest BCUT2D eigenvalue weighted by atomic mass is 10.0. The average molecular weight is 521 g/mol. The maximum absolute atomic E-state index is 13.8. The largest absolute Gasteiger partial charge is 0.465 e. The predicted octanol–water partition coefficient (Wildman–Crippen LogP) is 4.27. The van der Waals surface area contributed by atoms with Gasteiger partial charge in [-0.25, -0.2) is 22.5 Å². The number of nitrogens with zero attached hydrogens (tertiary/aromatic N) is 4. The van der Waals surface area contributed by atoms with Crippen molar-refractivity contribution in [3.8, 4) is 5.69 Å². The standard InChI is InChI=1S/C24H29ClN4O5S/c1-15(29(23(31)32)24(2,3)4)21-26-19-12-8-11-18(25)20(19)22(30)28(21)17-10-7-9-16(13-17)14-27(5)35(6,33)34/h7-13,15H,14H2,1-6H3,(H,31,32)/t15-/m0/s1. The van der Waals surface area contributed by atoms with E-state index in [1.165, 1.54) is 20.8 Å². The van der Waals surface area contributed by atoms with E-state index >= 15 is 0 Å². The molecule has 3 aromatic rings. The second-order valence-electron chi connectivity index (χ2n) is 9.43. The van der Waals surface area contributed by atoms with Crippen molar-refractivity contribution in [2.24, 2.45) is 0 Å². The third-order valence-corrected chi connectivity index (χ3v) is 7.28. The van der Waals surface area contributed by atoms with E-state index in [0.29, 0.717) is 16.8 Å². The first-order valence-electron chi connectivity index (χ1n) is 10.9. The number of sulfonamides is 1. The third-order valence-electron chi connectivity index (χ3n) is 5.70. The van der Waals surface area contributed by atoms with Crippen molar-refractivity contribution in [3.63, 3.8) is 0 Å². The van der Waals surface area contributed by atoms with Crippen LogP contribution in [0.15, 0.2) is 47.3 Å². The summed E-state index contributed by atoms with van der Waals surface area (Å²) in [6.07, 6.45) is -0.0378. The first-order chi connectivity index (χ1) is 16.1. The lowest BCUT2D eigenvalue weighted by Crippen LogP contribution is -2.47. The lowest BCUT2D eigenvalue weighted by molar-refractivity contribution is 0.0719. The first-order valence-corrected chi connectivity index (χ1v) is 13.1. The molecule has 0 aliphatic heterocycles. The zero-order valence-electron chi connectivity index (χ0n) is 20.5. The van der Waals surface area contributed by atoms with E-state index in [1.54, 1.807) is 70.2 Å². The van der Waals surface area contributed by atoms with Gasteiger partial charge in [0, 0.05) is 19.1 Å². The van der Waals surface area contributed by atoms with Gasteiger partial charge in [-0.05, 0) is 57.5 Å². The highest BCUT2D eigenvalue weighted by atomic mass is 35.5. The van der Waals surface area contributed by atoms with Crippen molar-refractivity contribution in [1.29, 1.82) is 0 Å². The number of carboxylic acid groups (broad SMARTS) is 1. The Morgan fingerprint density at radius 2 is 1.83 bits per heavy atom. The van der Waals surface area contributed by atoms with Crippen molar-refractivity contribution in [1.82, 2.24) is 18.8 Å². The highest BCUT2D eigenvalue weighted by Crippen LogP contribution is 2.30. The number of rotatable bonds is 6. The number of hydrogen-bond donors (Lipinski definition) is 1. The lowest BCUT2D eigenvalue weighted by Gasteiger charge is -2.38. The zero-order chi connectivity index (χ0) is 26.3. The minimum Gasteiger partial charge on any atom is -0.465 e. The molecule has 1 amide bonds. The summed E-state index contributed by atoms with van der Waals surface area (Å²) in [5.41, 5.74) is 0.191. The molecule has 0 radical (unpaired) electrons. The molecular weight excluding hydrogens is 492 g/mol. The molecule has 0 aliphatic rings. The van der Waals surface area contributed by atoms with Gasteiger partial charge in [0.1, 0.15) is 5.82 Å². The number of hydrogen-bond acceptors (Lipinski definition) is 5. The van der Waals surface area contributed by atoms with Crippen LogP contribution in [-0.2, 0) is 16.6 Å². The molecule has 0 fully saturated rings. The van der Waals surface area contributed by atoms with E-state index in [4.69, 9.17) is 11.6 Å². The molecule has 0 spiro atoms. The molecule has 35 heavy (non-hydrogen) atoms. The summed E-state index contributed by atoms with van der Waals surface area (Å²) in [6.45, 7) is 7.06. The molecule has 1 N–H and O–H groups in total. The highest BCUT2D eigenvalue weighted by molar-refractivity contribution is 7.88. The van der Waals surface area contributed by atoms with Crippen LogP contribution in [0, 0.1) is 0 Å². The molecule has 0 saturated carbocycles. The summed E-state index contributed by atoms with van der Waals surface area (Å²) in [5, 5.41) is 10.4. The molecule has 188 valence electrons. The highest BCUT2D eigenvalue weighted by Gasteiger charge is 2.34. The van der Waals surface area contributed by atoms with Crippen molar-refractivity contribution < 1.29 is 18.3 Å². The second kappa shape index (κ2) is 9.60. The molecule has 9 nitrogen and oxygen atoms in total. The molecule has 0 unspecified atom stereocenters. The summed E-state index contributed by atoms with van der Waals surface area (Å²) >= 11 is 6.36. The molecule has 1 aromatic heterocycles. The van der Waals surface area contributed by atoms with Crippen LogP contribution in [0.25, 0.3) is 16.6 Å². The van der Waals surface area contributed by atoms with E-state index < -0.39 is 33.3 Å². The predicted molar refractivity (Wildman–Crippen MR) is 137 cm³/mol. The second-order valence-corrected chi connectivity index (χ2v) is 11.9. The van der Waals surface area contributed by atoms with E-state index in [9.17, 15) is 23.1 Å². The first kappa shape index (κ1) is 26.7. The maximum atomic E-state index is 13.8. The molecule has 1 atom stereocenters. The number of fused-ring (bicyclic) bond motifs is 1. The Hall–Kier alpha value is -2.95. The van der Waals surface area contributed by atoms with E-state index in [0.717, 1.165) is 6.26 Å². The summed E-state index contributed by atoms with van der Waals surface area (Å²) in [5.74, 6) is 0.218. The molecule has 11 heteroatoms. The summed E-state index contributed by atoms with van der Waals surface area (Å²) in [6, 6.07) is 11.0. The van der Waals surface area contributed by atoms with Crippen molar-refractivity contribution in [2.75, 3.05) is 13.3 Å². The van der Waals surface area contributed by atoms with E-state index in [-0.39, 0.29) is 22.8 Å². The van der Waals surface area contributed by atoms with Crippen LogP contribution < -0.4 is 5.56 Å². The van der Waals surface area contributed by atoms with Crippen molar-refractivity contribution in [3.05, 3.63) is 69.2 Å². The van der Waals surface area contributed by atoms with Gasteiger partial charge in [0.05, 0.1) is 33.9 Å². The van der Waals surface area contributed by atoms with Gasteiger partial charge in [0.2, 0.25) is 10.0 Å². The summed E-state index contributed by atoms with van der Waals surface area (Å²) in [7, 11) is -1.95. The van der Waals surface area contributed by atoms with Crippen LogP contribution >= 0.6 is 11.6 Å². The van der Waals surface area contributed by atoms with Crippen molar-refractivity contribution in [2.45, 2.75) is 45.8 Å². The topological polar surface area (TPSA) is 113 Å². The number of carbonyl (C=O) groups is 1. The number of amides is 1. The van der Waals surface area contributed by atoms with Gasteiger partial charge in [-0.3, -0.25) is 14.3 Å². The molecule has 0 saturated heterocycles. The molecule has 0 aliphatic carbocycles. The molecule has 3 rings (SSSR count). The Kier molecular flexibility index (Phi) is 7.31. The van der Waals surface area contributed by atoms with Crippen LogP contribution in [0.5, 0.6) is 0 Å². The summed E-state index contributed by atoms with van der Waals surface area (Å²) < 4.78 is 26.3. The van der Waals surface area contributed by atoms with Gasteiger partial charge in [-0.15, -0.1) is 0 Å². The quantitative estimate of drug-likeness (QED) is 0.519.